The monoisotopic (exact) mass is 379 g/mol. The summed E-state index contributed by atoms with van der Waals surface area (Å²) >= 11 is 0. The number of carbonyl (C=O) groups excluding carboxylic acids is 1. The minimum Gasteiger partial charge on any atom is -0.333 e. The predicted octanol–water partition coefficient (Wildman–Crippen LogP) is 3.06. The van der Waals surface area contributed by atoms with Crippen molar-refractivity contribution in [3.63, 3.8) is 0 Å². The molecule has 2 amide bonds. The van der Waals surface area contributed by atoms with E-state index < -0.39 is 0 Å². The molecule has 0 aliphatic carbocycles. The molecule has 1 saturated heterocycles. The average Bonchev–Trinajstić information content (AvgIpc) is 3.19. The zero-order chi connectivity index (χ0) is 19.8. The second-order valence-electron chi connectivity index (χ2n) is 7.53. The maximum Gasteiger partial charge on any atom is 0.321 e. The lowest BCUT2D eigenvalue weighted by Crippen LogP contribution is -2.41. The van der Waals surface area contributed by atoms with Gasteiger partial charge in [-0.2, -0.15) is 9.61 Å². The normalized spacial score (nSPS) is 15.2. The largest absolute Gasteiger partial charge is 0.333 e. The van der Waals surface area contributed by atoms with Crippen LogP contribution in [0, 0.1) is 13.8 Å². The number of rotatable bonds is 2. The number of aryl methyl sites for hydroxylation is 3. The summed E-state index contributed by atoms with van der Waals surface area (Å²) in [4.78, 5) is 26.9. The molecular formula is C21H25N5O2. The van der Waals surface area contributed by atoms with E-state index in [0.717, 1.165) is 41.0 Å². The number of nitrogens with one attached hydrogen (secondary N) is 1. The molecule has 0 saturated carbocycles. The highest BCUT2D eigenvalue weighted by Crippen LogP contribution is 2.28. The van der Waals surface area contributed by atoms with Gasteiger partial charge in [-0.1, -0.05) is 18.2 Å². The van der Waals surface area contributed by atoms with Gasteiger partial charge in [0.05, 0.1) is 6.20 Å². The van der Waals surface area contributed by atoms with Gasteiger partial charge >= 0.3 is 6.03 Å². The Bertz CT molecular complexity index is 1070. The summed E-state index contributed by atoms with van der Waals surface area (Å²) in [5, 5.41) is 7.14. The van der Waals surface area contributed by atoms with Crippen LogP contribution < -0.4 is 10.9 Å². The number of nitrogens with zero attached hydrogens (tertiary/aromatic N) is 4. The fourth-order valence-corrected chi connectivity index (χ4v) is 4.10. The van der Waals surface area contributed by atoms with Crippen LogP contribution in [0.5, 0.6) is 0 Å². The van der Waals surface area contributed by atoms with Gasteiger partial charge in [-0.15, -0.1) is 0 Å². The first-order valence-electron chi connectivity index (χ1n) is 9.61. The van der Waals surface area contributed by atoms with Crippen LogP contribution in [0.2, 0.25) is 0 Å². The van der Waals surface area contributed by atoms with Crippen molar-refractivity contribution < 1.29 is 4.79 Å². The number of para-hydroxylation sites is 1. The van der Waals surface area contributed by atoms with E-state index in [1.165, 1.54) is 4.52 Å². The molecule has 1 aromatic carbocycles. The van der Waals surface area contributed by atoms with Gasteiger partial charge in [0.25, 0.3) is 5.56 Å². The van der Waals surface area contributed by atoms with Crippen molar-refractivity contribution in [2.75, 3.05) is 18.4 Å². The van der Waals surface area contributed by atoms with Crippen molar-refractivity contribution in [1.29, 1.82) is 0 Å². The second-order valence-corrected chi connectivity index (χ2v) is 7.53. The molecule has 7 nitrogen and oxygen atoms in total. The topological polar surface area (TPSA) is 71.6 Å². The number of anilines is 1. The molecule has 3 heterocycles. The Kier molecular flexibility index (Phi) is 4.66. The number of urea groups is 1. The van der Waals surface area contributed by atoms with Gasteiger partial charge in [0.1, 0.15) is 5.65 Å². The van der Waals surface area contributed by atoms with Crippen LogP contribution in [-0.2, 0) is 7.05 Å². The third-order valence-electron chi connectivity index (χ3n) is 5.75. The Morgan fingerprint density at radius 1 is 1.14 bits per heavy atom. The third-order valence-corrected chi connectivity index (χ3v) is 5.75. The maximum atomic E-state index is 12.7. The van der Waals surface area contributed by atoms with Gasteiger partial charge in [0.15, 0.2) is 0 Å². The molecule has 1 fully saturated rings. The van der Waals surface area contributed by atoms with E-state index in [1.54, 1.807) is 12.3 Å². The van der Waals surface area contributed by atoms with Crippen LogP contribution in [0.3, 0.4) is 0 Å². The molecule has 0 radical (unpaired) electrons. The highest BCUT2D eigenvalue weighted by molar-refractivity contribution is 5.91. The third kappa shape index (κ3) is 3.17. The Morgan fingerprint density at radius 3 is 2.50 bits per heavy atom. The van der Waals surface area contributed by atoms with Crippen molar-refractivity contribution in [1.82, 2.24) is 19.1 Å². The lowest BCUT2D eigenvalue weighted by Gasteiger charge is -2.33. The van der Waals surface area contributed by atoms with Gasteiger partial charge in [0, 0.05) is 49.6 Å². The zero-order valence-electron chi connectivity index (χ0n) is 16.5. The van der Waals surface area contributed by atoms with Gasteiger partial charge in [0.2, 0.25) is 0 Å². The Balaban J connectivity index is 1.47. The Hall–Kier alpha value is -3.09. The summed E-state index contributed by atoms with van der Waals surface area (Å²) < 4.78 is 3.45. The molecule has 1 aliphatic heterocycles. The van der Waals surface area contributed by atoms with Crippen LogP contribution in [0.1, 0.15) is 35.6 Å². The van der Waals surface area contributed by atoms with E-state index in [1.807, 2.05) is 54.6 Å². The molecule has 2 aromatic heterocycles. The first-order chi connectivity index (χ1) is 13.5. The molecule has 0 unspecified atom stereocenters. The Labute approximate surface area is 163 Å². The van der Waals surface area contributed by atoms with E-state index in [-0.39, 0.29) is 17.5 Å². The molecule has 0 spiro atoms. The summed E-state index contributed by atoms with van der Waals surface area (Å²) in [6.45, 7) is 5.34. The van der Waals surface area contributed by atoms with Gasteiger partial charge < -0.3 is 14.8 Å². The van der Waals surface area contributed by atoms with Crippen LogP contribution >= 0.6 is 0 Å². The Morgan fingerprint density at radius 2 is 1.82 bits per heavy atom. The highest BCUT2D eigenvalue weighted by atomic mass is 16.2. The molecule has 28 heavy (non-hydrogen) atoms. The second kappa shape index (κ2) is 7.14. The number of likely N-dealkylation sites (tertiary alicyclic amines) is 1. The fraction of sp³-hybridized carbons (Fsp3) is 0.381. The van der Waals surface area contributed by atoms with E-state index in [4.69, 9.17) is 0 Å². The molecule has 4 rings (SSSR count). The summed E-state index contributed by atoms with van der Waals surface area (Å²) in [5.41, 5.74) is 4.71. The molecule has 0 bridgehead atoms. The molecule has 0 atom stereocenters. The van der Waals surface area contributed by atoms with Crippen molar-refractivity contribution in [3.05, 3.63) is 63.7 Å². The predicted molar refractivity (Wildman–Crippen MR) is 109 cm³/mol. The van der Waals surface area contributed by atoms with Crippen LogP contribution in [-0.4, -0.2) is 38.2 Å². The van der Waals surface area contributed by atoms with Crippen molar-refractivity contribution in [3.8, 4) is 0 Å². The van der Waals surface area contributed by atoms with Crippen molar-refractivity contribution in [2.45, 2.75) is 32.6 Å². The number of hydrogen-bond acceptors (Lipinski definition) is 3. The summed E-state index contributed by atoms with van der Waals surface area (Å²) in [5.74, 6) is 0.252. The van der Waals surface area contributed by atoms with E-state index in [2.05, 4.69) is 10.4 Å². The SMILES string of the molecule is Cc1cccc(C)c1NC(=O)N1CCC(c2cc(=O)n3nccc3n2C)CC1. The summed E-state index contributed by atoms with van der Waals surface area (Å²) in [6.07, 6.45) is 3.30. The number of amides is 2. The van der Waals surface area contributed by atoms with Crippen LogP contribution in [0.15, 0.2) is 41.3 Å². The molecular weight excluding hydrogens is 354 g/mol. The molecule has 1 aliphatic rings. The van der Waals surface area contributed by atoms with Gasteiger partial charge in [-0.05, 0) is 37.8 Å². The fourth-order valence-electron chi connectivity index (χ4n) is 4.10. The summed E-state index contributed by atoms with van der Waals surface area (Å²) in [7, 11) is 1.96. The molecule has 3 aromatic rings. The van der Waals surface area contributed by atoms with E-state index >= 15 is 0 Å². The smallest absolute Gasteiger partial charge is 0.321 e. The number of piperidine rings is 1. The average molecular weight is 379 g/mol. The minimum absolute atomic E-state index is 0.0593. The number of benzene rings is 1. The quantitative estimate of drug-likeness (QED) is 0.744. The van der Waals surface area contributed by atoms with Gasteiger partial charge in [-0.25, -0.2) is 4.79 Å². The van der Waals surface area contributed by atoms with E-state index in [9.17, 15) is 9.59 Å². The first-order valence-corrected chi connectivity index (χ1v) is 9.61. The number of hydrogen-bond donors (Lipinski definition) is 1. The lowest BCUT2D eigenvalue weighted by molar-refractivity contribution is 0.193. The highest BCUT2D eigenvalue weighted by Gasteiger charge is 2.26. The number of fused-ring (bicyclic) bond motifs is 1. The standard InChI is InChI=1S/C21H25N5O2/c1-14-5-4-6-15(2)20(14)23-21(28)25-11-8-16(9-12-25)17-13-19(27)26-18(24(17)3)7-10-22-26/h4-7,10,13,16H,8-9,11-12H2,1-3H3,(H,23,28). The molecule has 7 heteroatoms. The summed E-state index contributed by atoms with van der Waals surface area (Å²) in [6, 6.07) is 9.46. The molecule has 146 valence electrons. The van der Waals surface area contributed by atoms with Crippen LogP contribution in [0.25, 0.3) is 5.65 Å². The van der Waals surface area contributed by atoms with E-state index in [0.29, 0.717) is 13.1 Å². The molecule has 1 N–H and O–H groups in total. The van der Waals surface area contributed by atoms with Crippen molar-refractivity contribution in [2.24, 2.45) is 7.05 Å². The van der Waals surface area contributed by atoms with Gasteiger partial charge in [-0.3, -0.25) is 4.79 Å². The minimum atomic E-state index is -0.108. The maximum absolute atomic E-state index is 12.7. The lowest BCUT2D eigenvalue weighted by atomic mass is 9.93. The van der Waals surface area contributed by atoms with Crippen molar-refractivity contribution >= 4 is 17.4 Å². The zero-order valence-corrected chi connectivity index (χ0v) is 16.5. The van der Waals surface area contributed by atoms with Crippen LogP contribution in [0.4, 0.5) is 10.5 Å². The number of aromatic nitrogens is 3. The number of carbonyl (C=O) groups is 1. The first kappa shape index (κ1) is 18.3.